The molecular weight excluding hydrogens is 276 g/mol. The Morgan fingerprint density at radius 2 is 2.10 bits per heavy atom. The van der Waals surface area contributed by atoms with Crippen LogP contribution in [0.25, 0.3) is 0 Å². The second kappa shape index (κ2) is 5.90. The molecule has 4 N–H and O–H groups in total. The van der Waals surface area contributed by atoms with Crippen molar-refractivity contribution in [2.45, 2.75) is 76.0 Å². The fourth-order valence-corrected chi connectivity index (χ4v) is 3.14. The minimum absolute atomic E-state index is 0.00717. The zero-order chi connectivity index (χ0) is 15.8. The first-order chi connectivity index (χ1) is 9.85. The molecular formula is C14H24N2O5. The first kappa shape index (κ1) is 16.2. The monoisotopic (exact) mass is 300 g/mol. The van der Waals surface area contributed by atoms with Crippen LogP contribution < -0.4 is 11.1 Å². The summed E-state index contributed by atoms with van der Waals surface area (Å²) in [6.45, 7) is 5.42. The Kier molecular flexibility index (Phi) is 4.55. The smallest absolute Gasteiger partial charge is 0.338 e. The van der Waals surface area contributed by atoms with E-state index in [-0.39, 0.29) is 18.4 Å². The fraction of sp³-hybridized carbons (Fsp3) is 0.857. The second-order valence-electron chi connectivity index (χ2n) is 5.87. The van der Waals surface area contributed by atoms with Crippen LogP contribution in [0.1, 0.15) is 40.0 Å². The summed E-state index contributed by atoms with van der Waals surface area (Å²) in [7, 11) is 0. The van der Waals surface area contributed by atoms with Gasteiger partial charge in [0, 0.05) is 19.4 Å². The van der Waals surface area contributed by atoms with Gasteiger partial charge in [0.25, 0.3) is 0 Å². The van der Waals surface area contributed by atoms with E-state index in [9.17, 15) is 14.7 Å². The van der Waals surface area contributed by atoms with Gasteiger partial charge in [-0.25, -0.2) is 4.79 Å². The number of aliphatic carboxylic acids is 1. The van der Waals surface area contributed by atoms with Crippen molar-refractivity contribution in [3.8, 4) is 0 Å². The number of hydrogen-bond acceptors (Lipinski definition) is 5. The molecule has 0 aromatic carbocycles. The molecule has 2 aliphatic rings. The molecule has 120 valence electrons. The largest absolute Gasteiger partial charge is 0.479 e. The van der Waals surface area contributed by atoms with Crippen LogP contribution in [0.4, 0.5) is 0 Å². The lowest BCUT2D eigenvalue weighted by molar-refractivity contribution is -0.144. The summed E-state index contributed by atoms with van der Waals surface area (Å²) in [6.07, 6.45) is 0.711. The quantitative estimate of drug-likeness (QED) is 0.596. The zero-order valence-corrected chi connectivity index (χ0v) is 12.7. The van der Waals surface area contributed by atoms with Gasteiger partial charge in [0.2, 0.25) is 5.91 Å². The molecule has 5 atom stereocenters. The van der Waals surface area contributed by atoms with Gasteiger partial charge in [0.15, 0.2) is 5.60 Å². The molecule has 1 saturated carbocycles. The lowest BCUT2D eigenvalue weighted by Crippen LogP contribution is -2.63. The number of fused-ring (bicyclic) bond motifs is 1. The SMILES string of the molecule is CCC(CC)O[C@@H]1C2OC2(C(=O)O)C[C@H](N)[C@H]1NC(C)=O. The van der Waals surface area contributed by atoms with Gasteiger partial charge < -0.3 is 25.6 Å². The Labute approximate surface area is 124 Å². The number of carbonyl (C=O) groups excluding carboxylic acids is 1. The summed E-state index contributed by atoms with van der Waals surface area (Å²) in [5.41, 5.74) is 4.83. The molecule has 2 unspecified atom stereocenters. The van der Waals surface area contributed by atoms with Crippen molar-refractivity contribution in [3.63, 3.8) is 0 Å². The highest BCUT2D eigenvalue weighted by molar-refractivity contribution is 5.82. The van der Waals surface area contributed by atoms with Crippen LogP contribution in [0.5, 0.6) is 0 Å². The molecule has 7 heteroatoms. The van der Waals surface area contributed by atoms with Crippen molar-refractivity contribution in [3.05, 3.63) is 0 Å². The molecule has 1 heterocycles. The Hall–Kier alpha value is -1.18. The summed E-state index contributed by atoms with van der Waals surface area (Å²) in [5.74, 6) is -1.22. The van der Waals surface area contributed by atoms with Crippen LogP contribution in [-0.4, -0.2) is 53.0 Å². The average Bonchev–Trinajstić information content (AvgIpc) is 3.13. The van der Waals surface area contributed by atoms with Gasteiger partial charge >= 0.3 is 5.97 Å². The van der Waals surface area contributed by atoms with Gasteiger partial charge in [-0.15, -0.1) is 0 Å². The van der Waals surface area contributed by atoms with E-state index in [1.807, 2.05) is 13.8 Å². The summed E-state index contributed by atoms with van der Waals surface area (Å²) in [5, 5.41) is 12.2. The minimum Gasteiger partial charge on any atom is -0.479 e. The molecule has 1 amide bonds. The predicted octanol–water partition coefficient (Wildman–Crippen LogP) is 0.0181. The van der Waals surface area contributed by atoms with Crippen LogP contribution in [0.3, 0.4) is 0 Å². The summed E-state index contributed by atoms with van der Waals surface area (Å²) in [6, 6.07) is -0.939. The number of hydrogen-bond donors (Lipinski definition) is 3. The van der Waals surface area contributed by atoms with Crippen molar-refractivity contribution in [2.75, 3.05) is 0 Å². The van der Waals surface area contributed by atoms with Gasteiger partial charge in [-0.05, 0) is 12.8 Å². The highest BCUT2D eigenvalue weighted by Gasteiger charge is 2.71. The normalized spacial score (nSPS) is 38.0. The van der Waals surface area contributed by atoms with Gasteiger partial charge in [0.05, 0.1) is 12.1 Å². The van der Waals surface area contributed by atoms with Crippen molar-refractivity contribution in [1.82, 2.24) is 5.32 Å². The molecule has 0 bridgehead atoms. The Bertz CT molecular complexity index is 426. The molecule has 0 spiro atoms. The molecule has 2 rings (SSSR count). The Morgan fingerprint density at radius 3 is 2.57 bits per heavy atom. The van der Waals surface area contributed by atoms with E-state index in [1.165, 1.54) is 6.92 Å². The van der Waals surface area contributed by atoms with E-state index >= 15 is 0 Å². The Morgan fingerprint density at radius 1 is 1.48 bits per heavy atom. The maximum Gasteiger partial charge on any atom is 0.338 e. The van der Waals surface area contributed by atoms with Crippen molar-refractivity contribution < 1.29 is 24.2 Å². The van der Waals surface area contributed by atoms with E-state index in [2.05, 4.69) is 5.32 Å². The zero-order valence-electron chi connectivity index (χ0n) is 12.7. The summed E-state index contributed by atoms with van der Waals surface area (Å²) in [4.78, 5) is 22.8. The van der Waals surface area contributed by atoms with E-state index in [4.69, 9.17) is 15.2 Å². The van der Waals surface area contributed by atoms with Crippen molar-refractivity contribution >= 4 is 11.9 Å². The molecule has 0 radical (unpaired) electrons. The van der Waals surface area contributed by atoms with E-state index in [0.29, 0.717) is 0 Å². The number of nitrogens with two attached hydrogens (primary N) is 1. The molecule has 2 fully saturated rings. The van der Waals surface area contributed by atoms with Gasteiger partial charge in [-0.1, -0.05) is 13.8 Å². The molecule has 21 heavy (non-hydrogen) atoms. The number of ether oxygens (including phenoxy) is 2. The average molecular weight is 300 g/mol. The number of carbonyl (C=O) groups is 2. The first-order valence-corrected chi connectivity index (χ1v) is 7.45. The summed E-state index contributed by atoms with van der Waals surface area (Å²) < 4.78 is 11.5. The number of rotatable bonds is 6. The van der Waals surface area contributed by atoms with Crippen molar-refractivity contribution in [2.24, 2.45) is 5.73 Å². The number of amides is 1. The molecule has 0 aromatic heterocycles. The minimum atomic E-state index is -1.24. The van der Waals surface area contributed by atoms with Crippen LogP contribution in [0.15, 0.2) is 0 Å². The number of carboxylic acid groups (broad SMARTS) is 1. The van der Waals surface area contributed by atoms with Crippen LogP contribution in [0, 0.1) is 0 Å². The Balaban J connectivity index is 2.20. The lowest BCUT2D eigenvalue weighted by atomic mass is 9.80. The molecule has 7 nitrogen and oxygen atoms in total. The van der Waals surface area contributed by atoms with Gasteiger partial charge in [-0.3, -0.25) is 4.79 Å². The molecule has 1 aliphatic carbocycles. The molecule has 1 saturated heterocycles. The fourth-order valence-electron chi connectivity index (χ4n) is 3.14. The topological polar surface area (TPSA) is 114 Å². The van der Waals surface area contributed by atoms with Gasteiger partial charge in [0.1, 0.15) is 12.2 Å². The van der Waals surface area contributed by atoms with Crippen LogP contribution in [0.2, 0.25) is 0 Å². The van der Waals surface area contributed by atoms with Crippen LogP contribution in [-0.2, 0) is 19.1 Å². The number of nitrogens with one attached hydrogen (secondary N) is 1. The third-order valence-electron chi connectivity index (χ3n) is 4.38. The number of epoxide rings is 1. The van der Waals surface area contributed by atoms with Crippen LogP contribution >= 0.6 is 0 Å². The number of carboxylic acids is 1. The predicted molar refractivity (Wildman–Crippen MR) is 74.7 cm³/mol. The maximum absolute atomic E-state index is 11.4. The molecule has 0 aromatic rings. The van der Waals surface area contributed by atoms with Crippen molar-refractivity contribution in [1.29, 1.82) is 0 Å². The third kappa shape index (κ3) is 2.90. The lowest BCUT2D eigenvalue weighted by Gasteiger charge is -2.37. The standard InChI is InChI=1S/C14H24N2O5/c1-4-8(5-2)20-11-10(16-7(3)17)9(15)6-14(13(18)19)12(11)21-14/h8-12H,4-6,15H2,1-3H3,(H,16,17)(H,18,19)/t9-,10+,11-,12?,14?/m0/s1. The van der Waals surface area contributed by atoms with E-state index in [0.717, 1.165) is 12.8 Å². The van der Waals surface area contributed by atoms with Gasteiger partial charge in [-0.2, -0.15) is 0 Å². The molecule has 1 aliphatic heterocycles. The van der Waals surface area contributed by atoms with E-state index < -0.39 is 35.9 Å². The summed E-state index contributed by atoms with van der Waals surface area (Å²) >= 11 is 0. The first-order valence-electron chi connectivity index (χ1n) is 7.45. The van der Waals surface area contributed by atoms with E-state index in [1.54, 1.807) is 0 Å². The third-order valence-corrected chi connectivity index (χ3v) is 4.38. The second-order valence-corrected chi connectivity index (χ2v) is 5.87. The maximum atomic E-state index is 11.4. The highest BCUT2D eigenvalue weighted by Crippen LogP contribution is 2.49. The highest BCUT2D eigenvalue weighted by atomic mass is 16.7.